The lowest BCUT2D eigenvalue weighted by Crippen LogP contribution is -2.52. The molecule has 1 aromatic rings. The number of nitrogens with zero attached hydrogens (tertiary/aromatic N) is 1. The minimum absolute atomic E-state index is 0.0452. The second-order valence-corrected chi connectivity index (χ2v) is 9.92. The number of benzene rings is 1. The molecule has 0 saturated carbocycles. The largest absolute Gasteiger partial charge is 0.466 e. The molecule has 0 spiro atoms. The fraction of sp³-hybridized carbons (Fsp3) is 0.593. The van der Waals surface area contributed by atoms with E-state index in [4.69, 9.17) is 16.3 Å². The topological polar surface area (TPSA) is 95.9 Å². The summed E-state index contributed by atoms with van der Waals surface area (Å²) in [5, 5.41) is 13.6. The number of rotatable bonds is 10. The number of likely N-dealkylation sites (tertiary alicyclic amines) is 1. The van der Waals surface area contributed by atoms with Gasteiger partial charge in [0.15, 0.2) is 0 Å². The van der Waals surface area contributed by atoms with E-state index in [1.807, 2.05) is 32.9 Å². The Morgan fingerprint density at radius 1 is 1.20 bits per heavy atom. The first-order chi connectivity index (χ1) is 16.8. The predicted octanol–water partition coefficient (Wildman–Crippen LogP) is 4.29. The van der Waals surface area contributed by atoms with Crippen molar-refractivity contribution in [1.29, 1.82) is 0 Å². The quantitative estimate of drug-likeness (QED) is 0.366. The fourth-order valence-corrected chi connectivity index (χ4v) is 5.74. The van der Waals surface area contributed by atoms with Gasteiger partial charge < -0.3 is 20.1 Å². The van der Waals surface area contributed by atoms with Gasteiger partial charge in [0.1, 0.15) is 6.04 Å². The number of ether oxygens (including phenoxy) is 1. The molecule has 3 rings (SSSR count). The highest BCUT2D eigenvalue weighted by atomic mass is 35.5. The molecule has 1 fully saturated rings. The lowest BCUT2D eigenvalue weighted by atomic mass is 9.69. The van der Waals surface area contributed by atoms with E-state index in [1.54, 1.807) is 31.2 Å². The van der Waals surface area contributed by atoms with Crippen LogP contribution in [0.2, 0.25) is 5.02 Å². The Labute approximate surface area is 212 Å². The van der Waals surface area contributed by atoms with Crippen LogP contribution in [0, 0.1) is 29.6 Å². The second-order valence-electron chi connectivity index (χ2n) is 9.51. The van der Waals surface area contributed by atoms with Crippen molar-refractivity contribution in [1.82, 2.24) is 4.90 Å². The second kappa shape index (κ2) is 12.0. The van der Waals surface area contributed by atoms with Gasteiger partial charge in [-0.15, -0.1) is 0 Å². The zero-order valence-corrected chi connectivity index (χ0v) is 21.7. The monoisotopic (exact) mass is 504 g/mol. The van der Waals surface area contributed by atoms with Gasteiger partial charge in [0.2, 0.25) is 11.8 Å². The zero-order chi connectivity index (χ0) is 25.7. The Bertz CT molecular complexity index is 951. The molecule has 8 heteroatoms. The summed E-state index contributed by atoms with van der Waals surface area (Å²) in [6.45, 7) is 7.67. The van der Waals surface area contributed by atoms with Crippen molar-refractivity contribution in [3.05, 3.63) is 41.4 Å². The number of aliphatic hydroxyl groups is 1. The van der Waals surface area contributed by atoms with Crippen LogP contribution < -0.4 is 5.32 Å². The molecule has 35 heavy (non-hydrogen) atoms. The van der Waals surface area contributed by atoms with E-state index < -0.39 is 35.8 Å². The highest BCUT2D eigenvalue weighted by molar-refractivity contribution is 6.33. The maximum atomic E-state index is 14.0. The summed E-state index contributed by atoms with van der Waals surface area (Å²) in [6.07, 6.45) is 6.19. The van der Waals surface area contributed by atoms with Gasteiger partial charge >= 0.3 is 5.97 Å². The number of carbonyl (C=O) groups is 3. The number of hydrogen-bond donors (Lipinski definition) is 2. The van der Waals surface area contributed by atoms with Gasteiger partial charge in [0, 0.05) is 5.92 Å². The molecule has 0 aromatic heterocycles. The molecule has 1 saturated heterocycles. The van der Waals surface area contributed by atoms with E-state index >= 15 is 0 Å². The molecule has 0 bridgehead atoms. The zero-order valence-electron chi connectivity index (χ0n) is 20.9. The summed E-state index contributed by atoms with van der Waals surface area (Å²) in [7, 11) is 0. The lowest BCUT2D eigenvalue weighted by molar-refractivity contribution is -0.156. The maximum Gasteiger partial charge on any atom is 0.310 e. The Kier molecular flexibility index (Phi) is 9.36. The number of nitrogens with one attached hydrogen (secondary N) is 1. The average molecular weight is 505 g/mol. The number of hydrogen-bond acceptors (Lipinski definition) is 5. The van der Waals surface area contributed by atoms with Crippen molar-refractivity contribution in [3.8, 4) is 0 Å². The number of anilines is 1. The van der Waals surface area contributed by atoms with Crippen molar-refractivity contribution >= 4 is 35.1 Å². The van der Waals surface area contributed by atoms with E-state index in [2.05, 4.69) is 5.32 Å². The number of fused-ring (bicyclic) bond motifs is 1. The summed E-state index contributed by atoms with van der Waals surface area (Å²) >= 11 is 6.28. The lowest BCUT2D eigenvalue weighted by Gasteiger charge is -2.36. The van der Waals surface area contributed by atoms with Crippen LogP contribution >= 0.6 is 11.6 Å². The molecule has 2 amide bonds. The highest BCUT2D eigenvalue weighted by Crippen LogP contribution is 2.47. The van der Waals surface area contributed by atoms with Crippen LogP contribution in [0.5, 0.6) is 0 Å². The van der Waals surface area contributed by atoms with E-state index in [0.29, 0.717) is 10.7 Å². The van der Waals surface area contributed by atoms with Gasteiger partial charge in [0.25, 0.3) is 0 Å². The van der Waals surface area contributed by atoms with Gasteiger partial charge in [-0.1, -0.05) is 69.5 Å². The van der Waals surface area contributed by atoms with Gasteiger partial charge in [-0.2, -0.15) is 0 Å². The van der Waals surface area contributed by atoms with Crippen molar-refractivity contribution in [2.75, 3.05) is 18.5 Å². The Morgan fingerprint density at radius 2 is 1.91 bits per heavy atom. The number of allylic oxidation sites excluding steroid dienone is 1. The van der Waals surface area contributed by atoms with Gasteiger partial charge in [-0.3, -0.25) is 14.4 Å². The smallest absolute Gasteiger partial charge is 0.310 e. The third-order valence-electron chi connectivity index (χ3n) is 7.47. The summed E-state index contributed by atoms with van der Waals surface area (Å²) in [6, 6.07) is 5.48. The maximum absolute atomic E-state index is 14.0. The van der Waals surface area contributed by atoms with Gasteiger partial charge in [0.05, 0.1) is 41.8 Å². The van der Waals surface area contributed by atoms with Crippen molar-refractivity contribution in [2.45, 2.75) is 59.0 Å². The minimum atomic E-state index is -0.884. The van der Waals surface area contributed by atoms with Gasteiger partial charge in [-0.05, 0) is 37.3 Å². The molecular formula is C27H37ClN2O5. The molecule has 1 aromatic carbocycles. The first-order valence-electron chi connectivity index (χ1n) is 12.6. The Balaban J connectivity index is 2.08. The van der Waals surface area contributed by atoms with Crippen molar-refractivity contribution in [2.24, 2.45) is 29.6 Å². The van der Waals surface area contributed by atoms with Crippen LogP contribution in [-0.2, 0) is 19.1 Å². The molecule has 2 N–H and O–H groups in total. The summed E-state index contributed by atoms with van der Waals surface area (Å²) in [5.41, 5.74) is 0.449. The first-order valence-corrected chi connectivity index (χ1v) is 13.0. The highest BCUT2D eigenvalue weighted by Gasteiger charge is 2.59. The molecule has 1 aliphatic carbocycles. The van der Waals surface area contributed by atoms with Crippen LogP contribution in [0.25, 0.3) is 0 Å². The number of para-hydroxylation sites is 1. The minimum Gasteiger partial charge on any atom is -0.466 e. The summed E-state index contributed by atoms with van der Waals surface area (Å²) in [5.74, 6) is -3.19. The molecule has 2 aliphatic rings. The molecule has 0 unspecified atom stereocenters. The Morgan fingerprint density at radius 3 is 2.51 bits per heavy atom. The molecule has 7 atom stereocenters. The van der Waals surface area contributed by atoms with E-state index in [9.17, 15) is 19.5 Å². The van der Waals surface area contributed by atoms with E-state index in [1.165, 1.54) is 4.90 Å². The Hall–Kier alpha value is -2.38. The van der Waals surface area contributed by atoms with Crippen LogP contribution in [0.1, 0.15) is 47.0 Å². The van der Waals surface area contributed by atoms with E-state index in [-0.39, 0.29) is 36.9 Å². The molecule has 1 heterocycles. The van der Waals surface area contributed by atoms with Crippen molar-refractivity contribution < 1.29 is 24.2 Å². The van der Waals surface area contributed by atoms with Crippen LogP contribution in [0.3, 0.4) is 0 Å². The molecule has 1 aliphatic heterocycles. The third-order valence-corrected chi connectivity index (χ3v) is 7.80. The number of carbonyl (C=O) groups excluding carboxylic acids is 3. The molecular weight excluding hydrogens is 468 g/mol. The van der Waals surface area contributed by atoms with Crippen LogP contribution in [-0.4, -0.2) is 53.1 Å². The standard InChI is InChI=1S/C27H37ClN2O5/c1-5-10-17-13-14-18-23(22(17)27(34)35-7-3)26(33)30(21(15-31)16(4)6-2)24(18)25(32)29-20-12-9-8-11-19(20)28/h8-9,11-14,16-18,21-24,31H,5-7,10,15H2,1-4H3,(H,29,32)/t16-,17+,18-,21-,22+,23-,24-/m0/s1. The van der Waals surface area contributed by atoms with E-state index in [0.717, 1.165) is 19.3 Å². The number of aliphatic hydroxyl groups excluding tert-OH is 1. The molecule has 0 radical (unpaired) electrons. The summed E-state index contributed by atoms with van der Waals surface area (Å²) in [4.78, 5) is 42.4. The molecule has 7 nitrogen and oxygen atoms in total. The summed E-state index contributed by atoms with van der Waals surface area (Å²) < 4.78 is 5.40. The first kappa shape index (κ1) is 27.2. The normalized spacial score (nSPS) is 27.3. The third kappa shape index (κ3) is 5.41. The van der Waals surface area contributed by atoms with Crippen LogP contribution in [0.4, 0.5) is 5.69 Å². The predicted molar refractivity (Wildman–Crippen MR) is 136 cm³/mol. The van der Waals surface area contributed by atoms with Crippen LogP contribution in [0.15, 0.2) is 36.4 Å². The SMILES string of the molecule is CCC[C@@H]1C=C[C@H]2[C@H](C(=O)N([C@@H](CO)[C@@H](C)CC)[C@@H]2C(=O)Nc2ccccc2Cl)[C@@H]1C(=O)OCC. The van der Waals surface area contributed by atoms with Gasteiger partial charge in [-0.25, -0.2) is 0 Å². The number of esters is 1. The number of halogens is 1. The average Bonchev–Trinajstić information content (AvgIpc) is 3.13. The molecule has 192 valence electrons. The van der Waals surface area contributed by atoms with Crippen molar-refractivity contribution in [3.63, 3.8) is 0 Å². The number of amides is 2. The fourth-order valence-electron chi connectivity index (χ4n) is 5.55.